The summed E-state index contributed by atoms with van der Waals surface area (Å²) in [6.45, 7) is 6.99. The maximum absolute atomic E-state index is 11.1. The van der Waals surface area contributed by atoms with E-state index in [1.54, 1.807) is 7.11 Å². The molecule has 4 heteroatoms. The third kappa shape index (κ3) is 5.76. The molecule has 0 saturated heterocycles. The quantitative estimate of drug-likeness (QED) is 0.348. The van der Waals surface area contributed by atoms with E-state index in [4.69, 9.17) is 14.6 Å². The lowest BCUT2D eigenvalue weighted by molar-refractivity contribution is -0.137. The number of aliphatic carboxylic acids is 1. The van der Waals surface area contributed by atoms with Gasteiger partial charge in [0.25, 0.3) is 0 Å². The monoisotopic (exact) mass is 470 g/mol. The molecular weight excluding hydrogens is 436 g/mol. The Morgan fingerprint density at radius 2 is 1.77 bits per heavy atom. The Morgan fingerprint density at radius 3 is 2.49 bits per heavy atom. The Balaban J connectivity index is 1.63. The molecule has 4 rings (SSSR count). The Morgan fingerprint density at radius 1 is 1.00 bits per heavy atom. The number of allylic oxidation sites excluding steroid dienone is 2. The molecule has 4 nitrogen and oxygen atoms in total. The summed E-state index contributed by atoms with van der Waals surface area (Å²) in [7, 11) is 1.69. The molecule has 0 heterocycles. The zero-order valence-electron chi connectivity index (χ0n) is 21.0. The van der Waals surface area contributed by atoms with Gasteiger partial charge in [0.15, 0.2) is 0 Å². The van der Waals surface area contributed by atoms with Crippen molar-refractivity contribution in [3.8, 4) is 22.6 Å². The number of carboxylic acids is 1. The molecule has 35 heavy (non-hydrogen) atoms. The number of rotatable bonds is 9. The molecule has 1 aliphatic carbocycles. The summed E-state index contributed by atoms with van der Waals surface area (Å²) >= 11 is 0. The predicted octanol–water partition coefficient (Wildman–Crippen LogP) is 7.72. The van der Waals surface area contributed by atoms with Crippen molar-refractivity contribution < 1.29 is 19.4 Å². The van der Waals surface area contributed by atoms with E-state index in [9.17, 15) is 4.79 Å². The van der Waals surface area contributed by atoms with Crippen LogP contribution < -0.4 is 9.47 Å². The van der Waals surface area contributed by atoms with E-state index in [0.29, 0.717) is 6.61 Å². The van der Waals surface area contributed by atoms with Crippen LogP contribution in [-0.2, 0) is 11.4 Å². The maximum Gasteiger partial charge on any atom is 0.303 e. The summed E-state index contributed by atoms with van der Waals surface area (Å²) in [6.07, 6.45) is 4.70. The molecule has 0 fully saturated rings. The lowest BCUT2D eigenvalue weighted by Gasteiger charge is -2.25. The normalized spacial score (nSPS) is 15.4. The van der Waals surface area contributed by atoms with E-state index >= 15 is 0 Å². The largest absolute Gasteiger partial charge is 0.497 e. The molecule has 1 atom stereocenters. The zero-order valence-corrected chi connectivity index (χ0v) is 21.0. The number of ether oxygens (including phenoxy) is 2. The minimum atomic E-state index is -0.795. The van der Waals surface area contributed by atoms with Crippen molar-refractivity contribution in [3.05, 3.63) is 89.5 Å². The molecule has 1 N–H and O–H groups in total. The molecule has 0 unspecified atom stereocenters. The van der Waals surface area contributed by atoms with Crippen molar-refractivity contribution in [1.82, 2.24) is 0 Å². The molecule has 0 radical (unpaired) electrons. The molecule has 0 spiro atoms. The van der Waals surface area contributed by atoms with Crippen molar-refractivity contribution >= 4 is 11.5 Å². The van der Waals surface area contributed by atoms with Gasteiger partial charge in [-0.15, -0.1) is 0 Å². The summed E-state index contributed by atoms with van der Waals surface area (Å²) in [6, 6.07) is 22.5. The average Bonchev–Trinajstić information content (AvgIpc) is 3.21. The molecule has 0 saturated carbocycles. The summed E-state index contributed by atoms with van der Waals surface area (Å²) in [5, 5.41) is 9.11. The van der Waals surface area contributed by atoms with Gasteiger partial charge in [-0.2, -0.15) is 0 Å². The minimum Gasteiger partial charge on any atom is -0.497 e. The first-order valence-corrected chi connectivity index (χ1v) is 12.2. The number of carboxylic acid groups (broad SMARTS) is 1. The van der Waals surface area contributed by atoms with Crippen molar-refractivity contribution in [1.29, 1.82) is 0 Å². The zero-order chi connectivity index (χ0) is 25.0. The van der Waals surface area contributed by atoms with Crippen LogP contribution in [0.1, 0.15) is 62.6 Å². The van der Waals surface area contributed by atoms with Crippen LogP contribution in [0.3, 0.4) is 0 Å². The highest BCUT2D eigenvalue weighted by atomic mass is 16.5. The fourth-order valence-corrected chi connectivity index (χ4v) is 4.87. The molecule has 0 aromatic heterocycles. The topological polar surface area (TPSA) is 55.8 Å². The minimum absolute atomic E-state index is 0.0682. The fourth-order valence-electron chi connectivity index (χ4n) is 4.87. The summed E-state index contributed by atoms with van der Waals surface area (Å²) in [4.78, 5) is 11.1. The molecule has 1 aliphatic rings. The third-order valence-corrected chi connectivity index (χ3v) is 6.92. The first-order chi connectivity index (χ1) is 16.8. The van der Waals surface area contributed by atoms with Crippen molar-refractivity contribution in [2.75, 3.05) is 7.11 Å². The van der Waals surface area contributed by atoms with E-state index in [-0.39, 0.29) is 17.8 Å². The van der Waals surface area contributed by atoms with Gasteiger partial charge in [-0.25, -0.2) is 0 Å². The van der Waals surface area contributed by atoms with Gasteiger partial charge >= 0.3 is 5.97 Å². The Kier molecular flexibility index (Phi) is 7.30. The lowest BCUT2D eigenvalue weighted by Crippen LogP contribution is -2.10. The standard InChI is InChI=1S/C31H34O4/c1-21(16-30(32)33)23-8-5-11-26(18-23)35-20-22-13-14-27(24-9-6-10-25(19-24)34-4)28(17-22)29-12-7-15-31(29,2)3/h5-6,8-14,17-19,21H,7,15-16,20H2,1-4H3,(H,32,33)/t21-/m0/s1. The second-order valence-corrected chi connectivity index (χ2v) is 10.0. The van der Waals surface area contributed by atoms with Crippen LogP contribution in [0.5, 0.6) is 11.5 Å². The number of hydrogen-bond acceptors (Lipinski definition) is 3. The van der Waals surface area contributed by atoms with Crippen LogP contribution in [0.25, 0.3) is 16.7 Å². The Hall–Kier alpha value is -3.53. The third-order valence-electron chi connectivity index (χ3n) is 6.92. The van der Waals surface area contributed by atoms with Crippen molar-refractivity contribution in [2.24, 2.45) is 5.41 Å². The van der Waals surface area contributed by atoms with Gasteiger partial charge in [-0.05, 0) is 87.9 Å². The number of benzene rings is 3. The number of carbonyl (C=O) groups is 1. The van der Waals surface area contributed by atoms with Gasteiger partial charge < -0.3 is 14.6 Å². The highest BCUT2D eigenvalue weighted by Gasteiger charge is 2.30. The first-order valence-electron chi connectivity index (χ1n) is 12.2. The number of hydrogen-bond donors (Lipinski definition) is 1. The second-order valence-electron chi connectivity index (χ2n) is 10.0. The van der Waals surface area contributed by atoms with E-state index in [1.165, 1.54) is 16.7 Å². The van der Waals surface area contributed by atoms with Gasteiger partial charge in [0.1, 0.15) is 18.1 Å². The summed E-state index contributed by atoms with van der Waals surface area (Å²) in [5.41, 5.74) is 7.12. The van der Waals surface area contributed by atoms with Crippen LogP contribution in [0, 0.1) is 5.41 Å². The predicted molar refractivity (Wildman–Crippen MR) is 141 cm³/mol. The molecule has 0 aliphatic heterocycles. The molecule has 3 aromatic carbocycles. The molecular formula is C31H34O4. The van der Waals surface area contributed by atoms with Crippen LogP contribution >= 0.6 is 0 Å². The summed E-state index contributed by atoms with van der Waals surface area (Å²) in [5.74, 6) is 0.731. The molecule has 182 valence electrons. The van der Waals surface area contributed by atoms with Crippen molar-refractivity contribution in [3.63, 3.8) is 0 Å². The number of methoxy groups -OCH3 is 1. The SMILES string of the molecule is COc1cccc(-c2ccc(COc3cccc([C@@H](C)CC(=O)O)c3)cc2C2=CCCC2(C)C)c1. The Labute approximate surface area is 208 Å². The van der Waals surface area contributed by atoms with E-state index in [0.717, 1.165) is 41.0 Å². The van der Waals surface area contributed by atoms with E-state index in [2.05, 4.69) is 50.3 Å². The Bertz CT molecular complexity index is 1240. The van der Waals surface area contributed by atoms with Crippen LogP contribution in [0.15, 0.2) is 72.8 Å². The highest BCUT2D eigenvalue weighted by Crippen LogP contribution is 2.47. The van der Waals surface area contributed by atoms with Gasteiger partial charge in [0, 0.05) is 0 Å². The van der Waals surface area contributed by atoms with Gasteiger partial charge in [0.2, 0.25) is 0 Å². The van der Waals surface area contributed by atoms with Crippen LogP contribution in [-0.4, -0.2) is 18.2 Å². The fraction of sp³-hybridized carbons (Fsp3) is 0.323. The lowest BCUT2D eigenvalue weighted by atomic mass is 9.79. The summed E-state index contributed by atoms with van der Waals surface area (Å²) < 4.78 is 11.6. The molecule has 0 amide bonds. The van der Waals surface area contributed by atoms with E-state index in [1.807, 2.05) is 43.3 Å². The second kappa shape index (κ2) is 10.4. The first kappa shape index (κ1) is 24.6. The van der Waals surface area contributed by atoms with Crippen molar-refractivity contribution in [2.45, 2.75) is 52.6 Å². The average molecular weight is 471 g/mol. The maximum atomic E-state index is 11.1. The van der Waals surface area contributed by atoms with Gasteiger partial charge in [0.05, 0.1) is 13.5 Å². The van der Waals surface area contributed by atoms with Gasteiger partial charge in [-0.3, -0.25) is 4.79 Å². The highest BCUT2D eigenvalue weighted by molar-refractivity contribution is 5.85. The molecule has 0 bridgehead atoms. The van der Waals surface area contributed by atoms with Gasteiger partial charge in [-0.1, -0.05) is 63.2 Å². The van der Waals surface area contributed by atoms with Crippen LogP contribution in [0.2, 0.25) is 0 Å². The smallest absolute Gasteiger partial charge is 0.303 e. The van der Waals surface area contributed by atoms with E-state index < -0.39 is 5.97 Å². The van der Waals surface area contributed by atoms with Crippen LogP contribution in [0.4, 0.5) is 0 Å². The molecule has 3 aromatic rings.